The minimum Gasteiger partial charge on any atom is -0.326 e. The Morgan fingerprint density at radius 1 is 0.923 bits per heavy atom. The van der Waals surface area contributed by atoms with Gasteiger partial charge < -0.3 is 10.6 Å². The maximum Gasteiger partial charge on any atom is 0.238 e. The molecule has 6 heteroatoms. The SMILES string of the molecule is Cc1ccc(C(=O)CCC(=O)Nc2cccc(NC(=O)CC#N)c2)cc1. The van der Waals surface area contributed by atoms with Gasteiger partial charge in [-0.1, -0.05) is 35.9 Å². The summed E-state index contributed by atoms with van der Waals surface area (Å²) >= 11 is 0. The lowest BCUT2D eigenvalue weighted by Crippen LogP contribution is -2.14. The first-order valence-corrected chi connectivity index (χ1v) is 8.14. The van der Waals surface area contributed by atoms with Gasteiger partial charge in [0.15, 0.2) is 5.78 Å². The summed E-state index contributed by atoms with van der Waals surface area (Å²) in [6.45, 7) is 1.94. The Bertz CT molecular complexity index is 851. The Hall–Kier alpha value is -3.46. The van der Waals surface area contributed by atoms with E-state index in [4.69, 9.17) is 5.26 Å². The predicted octanol–water partition coefficient (Wildman–Crippen LogP) is 3.45. The van der Waals surface area contributed by atoms with Gasteiger partial charge in [0.25, 0.3) is 0 Å². The van der Waals surface area contributed by atoms with E-state index in [-0.39, 0.29) is 31.0 Å². The number of amides is 2. The van der Waals surface area contributed by atoms with E-state index in [1.807, 2.05) is 19.1 Å². The number of ketones is 1. The molecule has 0 radical (unpaired) electrons. The first-order valence-electron chi connectivity index (χ1n) is 8.14. The molecule has 2 aromatic carbocycles. The average molecular weight is 349 g/mol. The first-order chi connectivity index (χ1) is 12.5. The van der Waals surface area contributed by atoms with Gasteiger partial charge in [-0.2, -0.15) is 5.26 Å². The summed E-state index contributed by atoms with van der Waals surface area (Å²) < 4.78 is 0. The lowest BCUT2D eigenvalue weighted by atomic mass is 10.0. The molecule has 2 rings (SSSR count). The van der Waals surface area contributed by atoms with Crippen molar-refractivity contribution in [1.29, 1.82) is 5.26 Å². The zero-order valence-electron chi connectivity index (χ0n) is 14.4. The molecular weight excluding hydrogens is 330 g/mol. The van der Waals surface area contributed by atoms with E-state index in [1.54, 1.807) is 42.5 Å². The highest BCUT2D eigenvalue weighted by atomic mass is 16.2. The highest BCUT2D eigenvalue weighted by molar-refractivity contribution is 6.00. The number of Topliss-reactive ketones (excluding diaryl/α,β-unsaturated/α-hetero) is 1. The lowest BCUT2D eigenvalue weighted by Gasteiger charge is -2.08. The van der Waals surface area contributed by atoms with Crippen molar-refractivity contribution in [2.75, 3.05) is 10.6 Å². The van der Waals surface area contributed by atoms with E-state index in [1.165, 1.54) is 0 Å². The molecule has 2 amide bonds. The average Bonchev–Trinajstić information content (AvgIpc) is 2.61. The fourth-order valence-corrected chi connectivity index (χ4v) is 2.29. The third kappa shape index (κ3) is 5.87. The van der Waals surface area contributed by atoms with Crippen molar-refractivity contribution in [2.45, 2.75) is 26.2 Å². The number of aryl methyl sites for hydroxylation is 1. The quantitative estimate of drug-likeness (QED) is 0.748. The Labute approximate surface area is 151 Å². The smallest absolute Gasteiger partial charge is 0.238 e. The third-order valence-corrected chi connectivity index (χ3v) is 3.62. The zero-order valence-corrected chi connectivity index (χ0v) is 14.4. The lowest BCUT2D eigenvalue weighted by molar-refractivity contribution is -0.116. The van der Waals surface area contributed by atoms with Crippen LogP contribution in [-0.2, 0) is 9.59 Å². The van der Waals surface area contributed by atoms with E-state index in [2.05, 4.69) is 10.6 Å². The molecule has 0 aliphatic rings. The highest BCUT2D eigenvalue weighted by Gasteiger charge is 2.10. The molecule has 0 atom stereocenters. The molecule has 0 saturated carbocycles. The summed E-state index contributed by atoms with van der Waals surface area (Å²) in [7, 11) is 0. The van der Waals surface area contributed by atoms with Gasteiger partial charge in [0.2, 0.25) is 11.8 Å². The number of rotatable bonds is 7. The zero-order chi connectivity index (χ0) is 18.9. The highest BCUT2D eigenvalue weighted by Crippen LogP contribution is 2.16. The summed E-state index contributed by atoms with van der Waals surface area (Å²) in [4.78, 5) is 35.6. The number of nitrogens with one attached hydrogen (secondary N) is 2. The van der Waals surface area contributed by atoms with Crippen LogP contribution in [0, 0.1) is 18.3 Å². The summed E-state index contributed by atoms with van der Waals surface area (Å²) in [6.07, 6.45) is -0.0527. The van der Waals surface area contributed by atoms with Crippen molar-refractivity contribution in [3.63, 3.8) is 0 Å². The van der Waals surface area contributed by atoms with Crippen molar-refractivity contribution in [2.24, 2.45) is 0 Å². The molecule has 2 N–H and O–H groups in total. The maximum atomic E-state index is 12.1. The fraction of sp³-hybridized carbons (Fsp3) is 0.200. The molecule has 0 unspecified atom stereocenters. The van der Waals surface area contributed by atoms with Crippen molar-refractivity contribution in [3.8, 4) is 6.07 Å². The number of hydrogen-bond donors (Lipinski definition) is 2. The molecule has 0 aromatic heterocycles. The van der Waals surface area contributed by atoms with Crippen LogP contribution >= 0.6 is 0 Å². The second-order valence-corrected chi connectivity index (χ2v) is 5.80. The molecule has 0 heterocycles. The fourth-order valence-electron chi connectivity index (χ4n) is 2.29. The van der Waals surface area contributed by atoms with Crippen LogP contribution in [0.3, 0.4) is 0 Å². The van der Waals surface area contributed by atoms with E-state index in [0.29, 0.717) is 16.9 Å². The van der Waals surface area contributed by atoms with Crippen LogP contribution in [0.5, 0.6) is 0 Å². The molecule has 0 saturated heterocycles. The van der Waals surface area contributed by atoms with Crippen LogP contribution in [0.4, 0.5) is 11.4 Å². The monoisotopic (exact) mass is 349 g/mol. The number of carbonyl (C=O) groups excluding carboxylic acids is 3. The summed E-state index contributed by atoms with van der Waals surface area (Å²) in [6, 6.07) is 15.6. The second kappa shape index (κ2) is 9.14. The number of benzene rings is 2. The molecule has 2 aromatic rings. The molecule has 0 spiro atoms. The van der Waals surface area contributed by atoms with Crippen LogP contribution in [-0.4, -0.2) is 17.6 Å². The number of nitriles is 1. The van der Waals surface area contributed by atoms with Crippen LogP contribution in [0.2, 0.25) is 0 Å². The minimum absolute atomic E-state index is 0.0672. The Kier molecular flexibility index (Phi) is 6.63. The summed E-state index contributed by atoms with van der Waals surface area (Å²) in [5.41, 5.74) is 2.65. The molecule has 26 heavy (non-hydrogen) atoms. The minimum atomic E-state index is -0.417. The first kappa shape index (κ1) is 18.9. The Balaban J connectivity index is 1.87. The molecule has 0 aliphatic heterocycles. The van der Waals surface area contributed by atoms with Gasteiger partial charge in [-0.25, -0.2) is 0 Å². The largest absolute Gasteiger partial charge is 0.326 e. The normalized spacial score (nSPS) is 9.85. The van der Waals surface area contributed by atoms with Gasteiger partial charge >= 0.3 is 0 Å². The van der Waals surface area contributed by atoms with Crippen molar-refractivity contribution in [1.82, 2.24) is 0 Å². The third-order valence-electron chi connectivity index (χ3n) is 3.62. The van der Waals surface area contributed by atoms with Crippen LogP contribution < -0.4 is 10.6 Å². The predicted molar refractivity (Wildman–Crippen MR) is 98.7 cm³/mol. The van der Waals surface area contributed by atoms with E-state index >= 15 is 0 Å². The van der Waals surface area contributed by atoms with Gasteiger partial charge in [-0.05, 0) is 25.1 Å². The van der Waals surface area contributed by atoms with Crippen molar-refractivity contribution >= 4 is 29.0 Å². The maximum absolute atomic E-state index is 12.1. The van der Waals surface area contributed by atoms with Crippen LogP contribution in [0.25, 0.3) is 0 Å². The van der Waals surface area contributed by atoms with Gasteiger partial charge in [0.1, 0.15) is 6.42 Å². The Morgan fingerprint density at radius 3 is 2.15 bits per heavy atom. The van der Waals surface area contributed by atoms with Crippen LogP contribution in [0.15, 0.2) is 48.5 Å². The number of anilines is 2. The topological polar surface area (TPSA) is 99.1 Å². The number of carbonyl (C=O) groups is 3. The van der Waals surface area contributed by atoms with E-state index < -0.39 is 5.91 Å². The summed E-state index contributed by atoms with van der Waals surface area (Å²) in [5, 5.41) is 13.8. The van der Waals surface area contributed by atoms with Crippen molar-refractivity contribution in [3.05, 3.63) is 59.7 Å². The van der Waals surface area contributed by atoms with Gasteiger partial charge in [-0.3, -0.25) is 14.4 Å². The van der Waals surface area contributed by atoms with Crippen LogP contribution in [0.1, 0.15) is 35.2 Å². The number of hydrogen-bond acceptors (Lipinski definition) is 4. The molecular formula is C20H19N3O3. The van der Waals surface area contributed by atoms with Gasteiger partial charge in [-0.15, -0.1) is 0 Å². The van der Waals surface area contributed by atoms with Crippen molar-refractivity contribution < 1.29 is 14.4 Å². The number of nitrogens with zero attached hydrogens (tertiary/aromatic N) is 1. The summed E-state index contributed by atoms with van der Waals surface area (Å²) in [5.74, 6) is -0.789. The second-order valence-electron chi connectivity index (χ2n) is 5.80. The molecule has 0 fully saturated rings. The molecule has 132 valence electrons. The molecule has 0 bridgehead atoms. The van der Waals surface area contributed by atoms with E-state index in [0.717, 1.165) is 5.56 Å². The Morgan fingerprint density at radius 2 is 1.54 bits per heavy atom. The molecule has 6 nitrogen and oxygen atoms in total. The van der Waals surface area contributed by atoms with Gasteiger partial charge in [0, 0.05) is 29.8 Å². The molecule has 0 aliphatic carbocycles. The standard InChI is InChI=1S/C20H19N3O3/c1-14-5-7-15(8-6-14)18(24)9-10-19(25)22-16-3-2-4-17(13-16)23-20(26)11-12-21/h2-8,13H,9-11H2,1H3,(H,22,25)(H,23,26). The van der Waals surface area contributed by atoms with E-state index in [9.17, 15) is 14.4 Å². The van der Waals surface area contributed by atoms with Gasteiger partial charge in [0.05, 0.1) is 6.07 Å².